The lowest BCUT2D eigenvalue weighted by atomic mass is 10.1. The van der Waals surface area contributed by atoms with Gasteiger partial charge in [0.1, 0.15) is 11.8 Å². The summed E-state index contributed by atoms with van der Waals surface area (Å²) in [6.07, 6.45) is 5.48. The smallest absolute Gasteiger partial charge is 0.329 e. The summed E-state index contributed by atoms with van der Waals surface area (Å²) in [5, 5.41) is 0. The van der Waals surface area contributed by atoms with Gasteiger partial charge in [-0.05, 0) is 18.2 Å². The summed E-state index contributed by atoms with van der Waals surface area (Å²) in [4.78, 5) is 48.6. The van der Waals surface area contributed by atoms with Gasteiger partial charge in [-0.3, -0.25) is 24.1 Å². The quantitative estimate of drug-likeness (QED) is 0.570. The molecule has 0 bridgehead atoms. The largest absolute Gasteiger partial charge is 0.488 e. The van der Waals surface area contributed by atoms with Crippen LogP contribution in [0.3, 0.4) is 0 Å². The third kappa shape index (κ3) is 3.90. The predicted octanol–water partition coefficient (Wildman–Crippen LogP) is 0.297. The zero-order chi connectivity index (χ0) is 20.3. The number of aromatic amines is 3. The molecule has 1 aliphatic heterocycles. The Kier molecular flexibility index (Phi) is 5.20. The van der Waals surface area contributed by atoms with Crippen molar-refractivity contribution in [3.8, 4) is 0 Å². The van der Waals surface area contributed by atoms with Crippen molar-refractivity contribution in [2.24, 2.45) is 0 Å². The average Bonchev–Trinajstić information content (AvgIpc) is 3.33. The highest BCUT2D eigenvalue weighted by Gasteiger charge is 2.31. The summed E-state index contributed by atoms with van der Waals surface area (Å²) in [5.41, 5.74) is -3.46. The molecule has 0 spiro atoms. The summed E-state index contributed by atoms with van der Waals surface area (Å²) in [7, 11) is 0. The van der Waals surface area contributed by atoms with Crippen LogP contribution in [0.15, 0.2) is 66.7 Å². The number of hydrogen-bond acceptors (Lipinski definition) is 6. The molecule has 3 aromatic rings. The molecule has 2 atom stereocenters. The molecule has 12 heteroatoms. The number of ether oxygens (including phenoxy) is 1. The molecule has 0 saturated heterocycles. The van der Waals surface area contributed by atoms with E-state index in [1.165, 1.54) is 12.5 Å². The summed E-state index contributed by atoms with van der Waals surface area (Å²) >= 11 is 0. The molecular weight excluding hydrogens is 382 g/mol. The molecule has 1 aliphatic rings. The first kappa shape index (κ1) is 18.8. The van der Waals surface area contributed by atoms with Gasteiger partial charge in [0, 0.05) is 6.20 Å². The Morgan fingerprint density at radius 2 is 1.79 bits per heavy atom. The number of H-pyrrole nitrogens is 3. The maximum Gasteiger partial charge on any atom is 0.329 e. The van der Waals surface area contributed by atoms with Gasteiger partial charge >= 0.3 is 11.4 Å². The molecule has 28 heavy (non-hydrogen) atoms. The average molecular weight is 394 g/mol. The molecule has 0 aliphatic carbocycles. The third-order valence-electron chi connectivity index (χ3n) is 3.65. The molecule has 0 aromatic carbocycles. The fourth-order valence-corrected chi connectivity index (χ4v) is 2.39. The number of furan rings is 1. The number of nitrogens with one attached hydrogen (secondary N) is 3. The van der Waals surface area contributed by atoms with Gasteiger partial charge in [-0.15, -0.1) is 0 Å². The fraction of sp³-hybridized carbons (Fsp3) is 0.125. The van der Waals surface area contributed by atoms with E-state index in [4.69, 9.17) is 9.15 Å². The Morgan fingerprint density at radius 1 is 1.04 bits per heavy atom. The summed E-state index contributed by atoms with van der Waals surface area (Å²) in [6, 6.07) is 2.80. The van der Waals surface area contributed by atoms with Gasteiger partial charge in [-0.25, -0.2) is 9.59 Å². The van der Waals surface area contributed by atoms with Crippen LogP contribution >= 0.6 is 0 Å². The fourth-order valence-electron chi connectivity index (χ4n) is 2.39. The van der Waals surface area contributed by atoms with E-state index < -0.39 is 46.3 Å². The van der Waals surface area contributed by atoms with Crippen LogP contribution in [-0.2, 0) is 4.74 Å². The zero-order valence-corrected chi connectivity index (χ0v) is 13.8. The van der Waals surface area contributed by atoms with Gasteiger partial charge in [0.15, 0.2) is 6.10 Å². The number of rotatable bonds is 2. The van der Waals surface area contributed by atoms with E-state index in [0.717, 1.165) is 10.8 Å². The highest BCUT2D eigenvalue weighted by molar-refractivity contribution is 5.13. The van der Waals surface area contributed by atoms with Crippen LogP contribution < -0.4 is 22.5 Å². The molecule has 3 N–H and O–H groups in total. The van der Waals surface area contributed by atoms with Crippen LogP contribution in [0.1, 0.15) is 17.9 Å². The highest BCUT2D eigenvalue weighted by Crippen LogP contribution is 2.35. The Labute approximate surface area is 152 Å². The number of halogens is 2. The normalized spacial score (nSPS) is 17.6. The minimum Gasteiger partial charge on any atom is -0.488 e. The maximum atomic E-state index is 13.3. The molecule has 3 aromatic heterocycles. The van der Waals surface area contributed by atoms with Crippen LogP contribution in [0, 0.1) is 11.6 Å². The van der Waals surface area contributed by atoms with Crippen molar-refractivity contribution in [1.29, 1.82) is 0 Å². The Bertz CT molecular complexity index is 1220. The van der Waals surface area contributed by atoms with Crippen molar-refractivity contribution in [3.63, 3.8) is 0 Å². The van der Waals surface area contributed by atoms with E-state index in [0.29, 0.717) is 12.0 Å². The highest BCUT2D eigenvalue weighted by atomic mass is 19.1. The second-order valence-corrected chi connectivity index (χ2v) is 5.45. The second-order valence-electron chi connectivity index (χ2n) is 5.45. The number of aromatic nitrogens is 4. The minimum absolute atomic E-state index is 0.508. The molecule has 0 fully saturated rings. The van der Waals surface area contributed by atoms with Gasteiger partial charge < -0.3 is 14.1 Å². The molecule has 10 nitrogen and oxygen atoms in total. The monoisotopic (exact) mass is 394 g/mol. The van der Waals surface area contributed by atoms with Crippen molar-refractivity contribution in [3.05, 3.63) is 102 Å². The lowest BCUT2D eigenvalue weighted by Crippen LogP contribution is -2.34. The Morgan fingerprint density at radius 3 is 2.43 bits per heavy atom. The van der Waals surface area contributed by atoms with E-state index in [9.17, 15) is 28.0 Å². The molecule has 0 saturated carbocycles. The van der Waals surface area contributed by atoms with Crippen molar-refractivity contribution in [2.45, 2.75) is 12.1 Å². The van der Waals surface area contributed by atoms with Crippen molar-refractivity contribution in [2.75, 3.05) is 0 Å². The Balaban J connectivity index is 0.000000211. The number of nitrogens with zero attached hydrogens (tertiary/aromatic N) is 1. The van der Waals surface area contributed by atoms with Gasteiger partial charge in [-0.2, -0.15) is 8.78 Å². The van der Waals surface area contributed by atoms with Crippen LogP contribution in [0.4, 0.5) is 8.78 Å². The van der Waals surface area contributed by atoms with Crippen LogP contribution in [0.5, 0.6) is 0 Å². The molecule has 4 heterocycles. The first-order chi connectivity index (χ1) is 13.4. The van der Waals surface area contributed by atoms with E-state index in [1.807, 2.05) is 9.97 Å². The lowest BCUT2D eigenvalue weighted by molar-refractivity contribution is 0.113. The zero-order valence-electron chi connectivity index (χ0n) is 13.8. The van der Waals surface area contributed by atoms with E-state index in [1.54, 1.807) is 23.2 Å². The first-order valence-electron chi connectivity index (χ1n) is 7.71. The van der Waals surface area contributed by atoms with Gasteiger partial charge in [0.2, 0.25) is 11.6 Å². The first-order valence-corrected chi connectivity index (χ1v) is 7.71. The van der Waals surface area contributed by atoms with E-state index in [-0.39, 0.29) is 0 Å². The number of hydrogen-bond donors (Lipinski definition) is 3. The van der Waals surface area contributed by atoms with Crippen molar-refractivity contribution >= 4 is 0 Å². The van der Waals surface area contributed by atoms with Crippen LogP contribution in [-0.4, -0.2) is 19.5 Å². The molecule has 4 rings (SSSR count). The second kappa shape index (κ2) is 7.73. The molecule has 0 amide bonds. The molecule has 146 valence electrons. The van der Waals surface area contributed by atoms with E-state index in [2.05, 4.69) is 0 Å². The summed E-state index contributed by atoms with van der Waals surface area (Å²) in [6.45, 7) is 0. The van der Waals surface area contributed by atoms with Crippen molar-refractivity contribution in [1.82, 2.24) is 19.5 Å². The third-order valence-corrected chi connectivity index (χ3v) is 3.65. The Hall–Kier alpha value is -3.96. The topological polar surface area (TPSA) is 143 Å². The van der Waals surface area contributed by atoms with Gasteiger partial charge in [-0.1, -0.05) is 0 Å². The predicted molar refractivity (Wildman–Crippen MR) is 89.6 cm³/mol. The molecule has 0 radical (unpaired) electrons. The minimum atomic E-state index is -1.04. The standard InChI is InChI=1S/C12H9FN2O4.C4H3FN2O2/c13-7-6-15(12(17)14-11(7)16)8-3-5-19-10(8)9-2-1-4-18-9;5-2-1-6-4(9)7-3(2)8/h1-6,8,10H,(H,14,16,17);1H,(H2,6,7,8,9). The van der Waals surface area contributed by atoms with Crippen molar-refractivity contribution < 1.29 is 17.9 Å². The lowest BCUT2D eigenvalue weighted by Gasteiger charge is -2.18. The maximum absolute atomic E-state index is 13.3. The van der Waals surface area contributed by atoms with Crippen LogP contribution in [0.25, 0.3) is 0 Å². The summed E-state index contributed by atoms with van der Waals surface area (Å²) < 4.78 is 36.9. The van der Waals surface area contributed by atoms with E-state index >= 15 is 0 Å². The SMILES string of the molecule is O=c1[nH]c(=O)n(C2C=COC2c2ccco2)cc1F.O=c1[nH]cc(F)c(=O)[nH]1. The van der Waals surface area contributed by atoms with Crippen LogP contribution in [0.2, 0.25) is 0 Å². The van der Waals surface area contributed by atoms with Gasteiger partial charge in [0.05, 0.1) is 18.7 Å². The molecular formula is C16H12F2N4O6. The summed E-state index contributed by atoms with van der Waals surface area (Å²) in [5.74, 6) is -1.51. The van der Waals surface area contributed by atoms with Gasteiger partial charge in [0.25, 0.3) is 11.1 Å². The molecule has 2 unspecified atom stereocenters.